The van der Waals surface area contributed by atoms with Crippen LogP contribution in [0.3, 0.4) is 0 Å². The van der Waals surface area contributed by atoms with E-state index in [2.05, 4.69) is 26.7 Å². The fourth-order valence-corrected chi connectivity index (χ4v) is 3.52. The molecule has 2 heterocycles. The van der Waals surface area contributed by atoms with Crippen molar-refractivity contribution in [2.45, 2.75) is 12.9 Å². The molecule has 0 bridgehead atoms. The molecule has 0 atom stereocenters. The lowest BCUT2D eigenvalue weighted by Gasteiger charge is -2.36. The highest BCUT2D eigenvalue weighted by Gasteiger charge is 2.31. The summed E-state index contributed by atoms with van der Waals surface area (Å²) in [4.78, 5) is 9.12. The van der Waals surface area contributed by atoms with E-state index in [0.29, 0.717) is 6.54 Å². The van der Waals surface area contributed by atoms with E-state index in [0.717, 1.165) is 54.2 Å². The van der Waals surface area contributed by atoms with E-state index >= 15 is 0 Å². The molecule has 1 aliphatic rings. The molecule has 152 valence electrons. The maximum absolute atomic E-state index is 12.3. The van der Waals surface area contributed by atoms with E-state index in [-0.39, 0.29) is 5.75 Å². The van der Waals surface area contributed by atoms with Crippen LogP contribution in [0.2, 0.25) is 0 Å². The third kappa shape index (κ3) is 4.54. The summed E-state index contributed by atoms with van der Waals surface area (Å²) in [7, 11) is 0. The number of aromatic nitrogens is 1. The van der Waals surface area contributed by atoms with E-state index in [1.165, 1.54) is 12.1 Å². The second-order valence-corrected chi connectivity index (χ2v) is 6.92. The highest BCUT2D eigenvalue weighted by atomic mass is 19.4. The third-order valence-electron chi connectivity index (χ3n) is 5.01. The Morgan fingerprint density at radius 1 is 0.897 bits per heavy atom. The van der Waals surface area contributed by atoms with Crippen molar-refractivity contribution in [3.05, 3.63) is 60.2 Å². The normalized spacial score (nSPS) is 15.0. The molecule has 1 aromatic heterocycles. The molecule has 1 saturated heterocycles. The lowest BCUT2D eigenvalue weighted by Crippen LogP contribution is -2.46. The zero-order valence-electron chi connectivity index (χ0n) is 15.7. The molecule has 4 rings (SSSR count). The molecule has 3 aromatic rings. The quantitative estimate of drug-likeness (QED) is 0.717. The first-order chi connectivity index (χ1) is 13.9. The number of nitrogens with zero attached hydrogens (tertiary/aromatic N) is 3. The number of piperazine rings is 1. The average molecular weight is 402 g/mol. The summed E-state index contributed by atoms with van der Waals surface area (Å²) in [6.07, 6.45) is -4.67. The standard InChI is InChI=1S/C21H21F3N4O/c22-21(23,24)29-18-5-3-17(4-6-18)27-9-11-28(12-10-27)20-8-2-16-13-15(14-25)1-7-19(16)26-20/h1-8,13H,9-12,14,25H2. The van der Waals surface area contributed by atoms with Crippen LogP contribution in [0.5, 0.6) is 5.75 Å². The molecule has 0 aliphatic carbocycles. The van der Waals surface area contributed by atoms with Crippen molar-refractivity contribution in [2.75, 3.05) is 36.0 Å². The first-order valence-electron chi connectivity index (χ1n) is 9.37. The molecule has 29 heavy (non-hydrogen) atoms. The molecule has 2 N–H and O–H groups in total. The van der Waals surface area contributed by atoms with E-state index < -0.39 is 6.36 Å². The number of ether oxygens (including phenoxy) is 1. The van der Waals surface area contributed by atoms with Gasteiger partial charge in [-0.15, -0.1) is 13.2 Å². The Labute approximate surface area is 166 Å². The molecular formula is C21H21F3N4O. The average Bonchev–Trinajstić information content (AvgIpc) is 2.72. The van der Waals surface area contributed by atoms with Crippen LogP contribution < -0.4 is 20.3 Å². The van der Waals surface area contributed by atoms with Gasteiger partial charge in [-0.05, 0) is 54.1 Å². The lowest BCUT2D eigenvalue weighted by molar-refractivity contribution is -0.274. The molecule has 5 nitrogen and oxygen atoms in total. The van der Waals surface area contributed by atoms with Gasteiger partial charge in [0.05, 0.1) is 5.52 Å². The fourth-order valence-electron chi connectivity index (χ4n) is 3.52. The van der Waals surface area contributed by atoms with Gasteiger partial charge in [-0.2, -0.15) is 0 Å². The van der Waals surface area contributed by atoms with Crippen LogP contribution in [0, 0.1) is 0 Å². The Morgan fingerprint density at radius 3 is 2.24 bits per heavy atom. The molecule has 2 aromatic carbocycles. The maximum atomic E-state index is 12.3. The predicted molar refractivity (Wildman–Crippen MR) is 107 cm³/mol. The van der Waals surface area contributed by atoms with Crippen LogP contribution in [0.1, 0.15) is 5.56 Å². The van der Waals surface area contributed by atoms with Gasteiger partial charge in [-0.1, -0.05) is 6.07 Å². The number of hydrogen-bond donors (Lipinski definition) is 1. The van der Waals surface area contributed by atoms with Gasteiger partial charge in [0.1, 0.15) is 11.6 Å². The van der Waals surface area contributed by atoms with Gasteiger partial charge in [0.2, 0.25) is 0 Å². The van der Waals surface area contributed by atoms with Gasteiger partial charge in [0, 0.05) is 43.8 Å². The fraction of sp³-hybridized carbons (Fsp3) is 0.286. The predicted octanol–water partition coefficient (Wildman–Crippen LogP) is 3.92. The summed E-state index contributed by atoms with van der Waals surface area (Å²) >= 11 is 0. The first-order valence-corrected chi connectivity index (χ1v) is 9.37. The van der Waals surface area contributed by atoms with E-state index in [9.17, 15) is 13.2 Å². The lowest BCUT2D eigenvalue weighted by atomic mass is 10.1. The number of rotatable bonds is 4. The van der Waals surface area contributed by atoms with Crippen LogP contribution in [0.25, 0.3) is 10.9 Å². The number of pyridine rings is 1. The maximum Gasteiger partial charge on any atom is 0.573 e. The number of nitrogens with two attached hydrogens (primary N) is 1. The molecular weight excluding hydrogens is 381 g/mol. The van der Waals surface area contributed by atoms with Crippen LogP contribution >= 0.6 is 0 Å². The smallest absolute Gasteiger partial charge is 0.406 e. The van der Waals surface area contributed by atoms with Crippen LogP contribution in [-0.4, -0.2) is 37.5 Å². The van der Waals surface area contributed by atoms with Gasteiger partial charge in [-0.25, -0.2) is 4.98 Å². The Hall–Kier alpha value is -3.00. The van der Waals surface area contributed by atoms with E-state index in [4.69, 9.17) is 10.7 Å². The monoisotopic (exact) mass is 402 g/mol. The largest absolute Gasteiger partial charge is 0.573 e. The molecule has 0 saturated carbocycles. The zero-order chi connectivity index (χ0) is 20.4. The second kappa shape index (κ2) is 7.79. The van der Waals surface area contributed by atoms with Crippen molar-refractivity contribution in [3.8, 4) is 5.75 Å². The van der Waals surface area contributed by atoms with Crippen molar-refractivity contribution in [1.29, 1.82) is 0 Å². The van der Waals surface area contributed by atoms with E-state index in [1.807, 2.05) is 18.2 Å². The van der Waals surface area contributed by atoms with Crippen LogP contribution in [0.4, 0.5) is 24.7 Å². The highest BCUT2D eigenvalue weighted by Crippen LogP contribution is 2.27. The van der Waals surface area contributed by atoms with Crippen molar-refractivity contribution in [3.63, 3.8) is 0 Å². The van der Waals surface area contributed by atoms with E-state index in [1.54, 1.807) is 12.1 Å². The van der Waals surface area contributed by atoms with Gasteiger partial charge in [0.25, 0.3) is 0 Å². The Kier molecular flexibility index (Phi) is 5.19. The number of alkyl halides is 3. The highest BCUT2D eigenvalue weighted by molar-refractivity contribution is 5.81. The van der Waals surface area contributed by atoms with Gasteiger partial charge >= 0.3 is 6.36 Å². The van der Waals surface area contributed by atoms with Crippen molar-refractivity contribution in [2.24, 2.45) is 5.73 Å². The summed E-state index contributed by atoms with van der Waals surface area (Å²) in [6, 6.07) is 16.1. The molecule has 8 heteroatoms. The third-order valence-corrected chi connectivity index (χ3v) is 5.01. The number of fused-ring (bicyclic) bond motifs is 1. The second-order valence-electron chi connectivity index (χ2n) is 6.92. The zero-order valence-corrected chi connectivity index (χ0v) is 15.7. The summed E-state index contributed by atoms with van der Waals surface area (Å²) in [6.45, 7) is 3.57. The molecule has 0 radical (unpaired) electrons. The molecule has 0 amide bonds. The molecule has 1 fully saturated rings. The Bertz CT molecular complexity index is 983. The summed E-state index contributed by atoms with van der Waals surface area (Å²) < 4.78 is 40.8. The minimum Gasteiger partial charge on any atom is -0.406 e. The molecule has 0 unspecified atom stereocenters. The topological polar surface area (TPSA) is 54.6 Å². The summed E-state index contributed by atoms with van der Waals surface area (Å²) in [5.41, 5.74) is 8.58. The number of benzene rings is 2. The minimum absolute atomic E-state index is 0.210. The molecule has 1 aliphatic heterocycles. The van der Waals surface area contributed by atoms with Gasteiger partial charge < -0.3 is 20.3 Å². The first kappa shape index (κ1) is 19.3. The van der Waals surface area contributed by atoms with Gasteiger partial charge in [0.15, 0.2) is 0 Å². The Morgan fingerprint density at radius 2 is 1.59 bits per heavy atom. The SMILES string of the molecule is NCc1ccc2nc(N3CCN(c4ccc(OC(F)(F)F)cc4)CC3)ccc2c1. The Balaban J connectivity index is 1.41. The van der Waals surface area contributed by atoms with Crippen molar-refractivity contribution in [1.82, 2.24) is 4.98 Å². The van der Waals surface area contributed by atoms with Gasteiger partial charge in [-0.3, -0.25) is 0 Å². The van der Waals surface area contributed by atoms with Crippen molar-refractivity contribution < 1.29 is 17.9 Å². The van der Waals surface area contributed by atoms with Crippen molar-refractivity contribution >= 4 is 22.4 Å². The number of anilines is 2. The van der Waals surface area contributed by atoms with Crippen LogP contribution in [-0.2, 0) is 6.54 Å². The number of halogens is 3. The number of hydrogen-bond acceptors (Lipinski definition) is 5. The summed E-state index contributed by atoms with van der Waals surface area (Å²) in [5, 5.41) is 1.07. The summed E-state index contributed by atoms with van der Waals surface area (Å²) in [5.74, 6) is 0.713. The minimum atomic E-state index is -4.67. The molecule has 0 spiro atoms. The van der Waals surface area contributed by atoms with Crippen LogP contribution in [0.15, 0.2) is 54.6 Å².